The fourth-order valence-corrected chi connectivity index (χ4v) is 1.68. The number of aliphatic hydroxyl groups excluding tert-OH is 1. The van der Waals surface area contributed by atoms with Crippen molar-refractivity contribution in [3.63, 3.8) is 0 Å². The van der Waals surface area contributed by atoms with E-state index in [0.717, 1.165) is 24.6 Å². The highest BCUT2D eigenvalue weighted by molar-refractivity contribution is 5.47. The van der Waals surface area contributed by atoms with Gasteiger partial charge in [-0.1, -0.05) is 13.0 Å². The number of pyridine rings is 1. The first-order valence-electron chi connectivity index (χ1n) is 6.27. The number of hydrogen-bond donors (Lipinski definition) is 2. The molecule has 0 aliphatic rings. The lowest BCUT2D eigenvalue weighted by Gasteiger charge is -2.27. The molecule has 0 atom stereocenters. The van der Waals surface area contributed by atoms with Crippen LogP contribution in [0.3, 0.4) is 0 Å². The molecule has 2 N–H and O–H groups in total. The van der Waals surface area contributed by atoms with Crippen LogP contribution in [0.2, 0.25) is 0 Å². The van der Waals surface area contributed by atoms with Crippen LogP contribution in [0.15, 0.2) is 18.2 Å². The molecule has 0 amide bonds. The molecule has 1 aromatic rings. The largest absolute Gasteiger partial charge is 0.395 e. The van der Waals surface area contributed by atoms with Crippen molar-refractivity contribution in [2.24, 2.45) is 0 Å². The van der Waals surface area contributed by atoms with E-state index >= 15 is 0 Å². The van der Waals surface area contributed by atoms with Gasteiger partial charge < -0.3 is 15.3 Å². The molecule has 1 aromatic heterocycles. The van der Waals surface area contributed by atoms with Gasteiger partial charge in [-0.2, -0.15) is 0 Å². The molecule has 4 heteroatoms. The highest BCUT2D eigenvalue weighted by Gasteiger charge is 2.11. The average molecular weight is 237 g/mol. The molecule has 1 rings (SSSR count). The fourth-order valence-electron chi connectivity index (χ4n) is 1.68. The van der Waals surface area contributed by atoms with Crippen LogP contribution in [-0.2, 0) is 0 Å². The Morgan fingerprint density at radius 1 is 1.41 bits per heavy atom. The van der Waals surface area contributed by atoms with Crippen molar-refractivity contribution >= 4 is 11.6 Å². The van der Waals surface area contributed by atoms with E-state index in [-0.39, 0.29) is 6.61 Å². The second-order valence-corrected chi connectivity index (χ2v) is 4.32. The van der Waals surface area contributed by atoms with Gasteiger partial charge in [0.2, 0.25) is 0 Å². The van der Waals surface area contributed by atoms with Gasteiger partial charge in [0.25, 0.3) is 0 Å². The van der Waals surface area contributed by atoms with Gasteiger partial charge in [-0.05, 0) is 32.4 Å². The molecule has 0 radical (unpaired) electrons. The molecule has 0 aliphatic heterocycles. The second kappa shape index (κ2) is 7.12. The van der Waals surface area contributed by atoms with Gasteiger partial charge in [0.05, 0.1) is 6.61 Å². The van der Waals surface area contributed by atoms with E-state index in [4.69, 9.17) is 5.11 Å². The lowest BCUT2D eigenvalue weighted by Crippen LogP contribution is -2.34. The summed E-state index contributed by atoms with van der Waals surface area (Å²) in [5.41, 5.74) is 0. The summed E-state index contributed by atoms with van der Waals surface area (Å²) < 4.78 is 0. The van der Waals surface area contributed by atoms with Crippen LogP contribution in [0, 0.1) is 0 Å². The van der Waals surface area contributed by atoms with Crippen LogP contribution >= 0.6 is 0 Å². The average Bonchev–Trinajstić information content (AvgIpc) is 2.33. The first kappa shape index (κ1) is 13.8. The fraction of sp³-hybridized carbons (Fsp3) is 0.615. The lowest BCUT2D eigenvalue weighted by molar-refractivity contribution is 0.298. The Morgan fingerprint density at radius 3 is 2.76 bits per heavy atom. The molecule has 0 saturated carbocycles. The van der Waals surface area contributed by atoms with Crippen LogP contribution in [-0.4, -0.2) is 35.8 Å². The highest BCUT2D eigenvalue weighted by Crippen LogP contribution is 2.16. The van der Waals surface area contributed by atoms with Crippen molar-refractivity contribution in [3.8, 4) is 0 Å². The number of hydrogen-bond acceptors (Lipinski definition) is 4. The number of rotatable bonds is 7. The molecular weight excluding hydrogens is 214 g/mol. The van der Waals surface area contributed by atoms with Crippen LogP contribution in [0.25, 0.3) is 0 Å². The van der Waals surface area contributed by atoms with E-state index in [9.17, 15) is 0 Å². The third-order valence-electron chi connectivity index (χ3n) is 2.55. The molecule has 0 aromatic carbocycles. The Bertz CT molecular complexity index is 328. The van der Waals surface area contributed by atoms with E-state index in [0.29, 0.717) is 12.6 Å². The van der Waals surface area contributed by atoms with E-state index in [1.807, 2.05) is 18.2 Å². The zero-order valence-electron chi connectivity index (χ0n) is 11.0. The second-order valence-electron chi connectivity index (χ2n) is 4.32. The molecule has 0 unspecified atom stereocenters. The zero-order valence-corrected chi connectivity index (χ0v) is 11.0. The van der Waals surface area contributed by atoms with Gasteiger partial charge in [-0.25, -0.2) is 4.98 Å². The summed E-state index contributed by atoms with van der Waals surface area (Å²) >= 11 is 0. The quantitative estimate of drug-likeness (QED) is 0.762. The van der Waals surface area contributed by atoms with Gasteiger partial charge in [0, 0.05) is 19.1 Å². The van der Waals surface area contributed by atoms with Crippen molar-refractivity contribution in [1.82, 2.24) is 4.98 Å². The molecule has 4 nitrogen and oxygen atoms in total. The molecule has 0 aliphatic carbocycles. The van der Waals surface area contributed by atoms with Gasteiger partial charge in [0.1, 0.15) is 11.6 Å². The van der Waals surface area contributed by atoms with Crippen LogP contribution in [0.1, 0.15) is 27.2 Å². The van der Waals surface area contributed by atoms with Gasteiger partial charge in [-0.15, -0.1) is 0 Å². The van der Waals surface area contributed by atoms with Crippen molar-refractivity contribution in [2.45, 2.75) is 33.2 Å². The lowest BCUT2D eigenvalue weighted by atomic mass is 10.3. The van der Waals surface area contributed by atoms with E-state index in [1.54, 1.807) is 0 Å². The number of nitrogens with zero attached hydrogens (tertiary/aromatic N) is 2. The van der Waals surface area contributed by atoms with Crippen molar-refractivity contribution in [3.05, 3.63) is 18.2 Å². The molecule has 17 heavy (non-hydrogen) atoms. The smallest absolute Gasteiger partial charge is 0.131 e. The molecule has 96 valence electrons. The summed E-state index contributed by atoms with van der Waals surface area (Å²) in [6.07, 6.45) is 1.08. The number of aromatic nitrogens is 1. The summed E-state index contributed by atoms with van der Waals surface area (Å²) in [6.45, 7) is 8.02. The standard InChI is InChI=1S/C13H23N3O/c1-4-8-14-12-6-5-7-13(15-12)16(9-10-17)11(2)3/h5-7,11,17H,4,8-10H2,1-3H3,(H,14,15). The summed E-state index contributed by atoms with van der Waals surface area (Å²) in [5, 5.41) is 12.3. The first-order valence-corrected chi connectivity index (χ1v) is 6.27. The Labute approximate surface area is 104 Å². The van der Waals surface area contributed by atoms with Crippen LogP contribution in [0.5, 0.6) is 0 Å². The van der Waals surface area contributed by atoms with Crippen LogP contribution in [0.4, 0.5) is 11.6 Å². The minimum Gasteiger partial charge on any atom is -0.395 e. The molecule has 0 bridgehead atoms. The predicted octanol–water partition coefficient (Wildman–Crippen LogP) is 2.11. The Hall–Kier alpha value is -1.29. The SMILES string of the molecule is CCCNc1cccc(N(CCO)C(C)C)n1. The molecule has 1 heterocycles. The summed E-state index contributed by atoms with van der Waals surface area (Å²) in [7, 11) is 0. The zero-order chi connectivity index (χ0) is 12.7. The molecule has 0 spiro atoms. The molecule has 0 saturated heterocycles. The Balaban J connectivity index is 2.80. The predicted molar refractivity (Wildman–Crippen MR) is 72.6 cm³/mol. The topological polar surface area (TPSA) is 48.4 Å². The van der Waals surface area contributed by atoms with E-state index in [2.05, 4.69) is 36.0 Å². The molecular formula is C13H23N3O. The maximum atomic E-state index is 9.07. The van der Waals surface area contributed by atoms with Gasteiger partial charge in [0.15, 0.2) is 0 Å². The highest BCUT2D eigenvalue weighted by atomic mass is 16.3. The molecule has 0 fully saturated rings. The first-order chi connectivity index (χ1) is 8.19. The van der Waals surface area contributed by atoms with Gasteiger partial charge in [-0.3, -0.25) is 0 Å². The van der Waals surface area contributed by atoms with Crippen molar-refractivity contribution < 1.29 is 5.11 Å². The maximum Gasteiger partial charge on any atom is 0.131 e. The number of anilines is 2. The van der Waals surface area contributed by atoms with Gasteiger partial charge >= 0.3 is 0 Å². The minimum absolute atomic E-state index is 0.145. The van der Waals surface area contributed by atoms with E-state index in [1.165, 1.54) is 0 Å². The Morgan fingerprint density at radius 2 is 2.18 bits per heavy atom. The van der Waals surface area contributed by atoms with E-state index < -0.39 is 0 Å². The van der Waals surface area contributed by atoms with Crippen LogP contribution < -0.4 is 10.2 Å². The summed E-state index contributed by atoms with van der Waals surface area (Å²) in [5.74, 6) is 1.81. The Kier molecular flexibility index (Phi) is 5.77. The maximum absolute atomic E-state index is 9.07. The number of nitrogens with one attached hydrogen (secondary N) is 1. The normalized spacial score (nSPS) is 10.6. The minimum atomic E-state index is 0.145. The summed E-state index contributed by atoms with van der Waals surface area (Å²) in [6, 6.07) is 6.27. The summed E-state index contributed by atoms with van der Waals surface area (Å²) in [4.78, 5) is 6.65. The van der Waals surface area contributed by atoms with Crippen molar-refractivity contribution in [1.29, 1.82) is 0 Å². The monoisotopic (exact) mass is 237 g/mol. The third-order valence-corrected chi connectivity index (χ3v) is 2.55. The van der Waals surface area contributed by atoms with Crippen molar-refractivity contribution in [2.75, 3.05) is 29.9 Å². The third kappa shape index (κ3) is 4.23. The number of aliphatic hydroxyl groups is 1.